The fraction of sp³-hybridized carbons (Fsp3) is 0.667. The van der Waals surface area contributed by atoms with Gasteiger partial charge in [-0.2, -0.15) is 0 Å². The highest BCUT2D eigenvalue weighted by Gasteiger charge is 2.42. The molecule has 23 heavy (non-hydrogen) atoms. The number of anilines is 1. The summed E-state index contributed by atoms with van der Waals surface area (Å²) >= 11 is 0. The van der Waals surface area contributed by atoms with E-state index in [-0.39, 0.29) is 22.8 Å². The van der Waals surface area contributed by atoms with Crippen LogP contribution in [0.25, 0.3) is 0 Å². The first-order valence-electron chi connectivity index (χ1n) is 8.90. The zero-order valence-electron chi connectivity index (χ0n) is 13.4. The third-order valence-corrected chi connectivity index (χ3v) is 5.87. The van der Waals surface area contributed by atoms with Gasteiger partial charge in [0, 0.05) is 24.2 Å². The summed E-state index contributed by atoms with van der Waals surface area (Å²) in [6.07, 6.45) is 8.82. The van der Waals surface area contributed by atoms with Crippen molar-refractivity contribution in [2.45, 2.75) is 57.2 Å². The molecule has 0 radical (unpaired) electrons. The summed E-state index contributed by atoms with van der Waals surface area (Å²) < 4.78 is 6.50. The number of nitrogens with zero attached hydrogens (tertiary/aromatic N) is 1. The average Bonchev–Trinajstić information content (AvgIpc) is 2.61. The average molecular weight is 316 g/mol. The minimum Gasteiger partial charge on any atom is -0.384 e. The van der Waals surface area contributed by atoms with Crippen LogP contribution in [0.2, 0.25) is 0 Å². The fourth-order valence-corrected chi connectivity index (χ4v) is 4.67. The molecule has 124 valence electrons. The monoisotopic (exact) mass is 316 g/mol. The van der Waals surface area contributed by atoms with Gasteiger partial charge in [-0.05, 0) is 37.7 Å². The topological polar surface area (TPSA) is 64.4 Å². The van der Waals surface area contributed by atoms with Crippen LogP contribution in [0.4, 0.5) is 11.4 Å². The van der Waals surface area contributed by atoms with E-state index in [1.807, 2.05) is 6.07 Å². The van der Waals surface area contributed by atoms with Crippen molar-refractivity contribution < 1.29 is 9.66 Å². The maximum atomic E-state index is 11.5. The smallest absolute Gasteiger partial charge is 0.277 e. The standard InChI is InChI=1S/C18H24N2O3/c21-20(22)15-8-4-7-14-17(15)18-13(11-19-14)9-10-16(23-18)12-5-2-1-3-6-12/h4,7-8,12-13,16,18-19H,1-3,5-6,9-11H2. The molecule has 3 unspecified atom stereocenters. The fourth-order valence-electron chi connectivity index (χ4n) is 4.67. The Kier molecular flexibility index (Phi) is 3.97. The molecule has 2 fully saturated rings. The molecule has 5 heteroatoms. The Balaban J connectivity index is 1.63. The van der Waals surface area contributed by atoms with Crippen molar-refractivity contribution in [2.75, 3.05) is 11.9 Å². The van der Waals surface area contributed by atoms with Gasteiger partial charge < -0.3 is 10.1 Å². The minimum atomic E-state index is -0.267. The van der Waals surface area contributed by atoms with Crippen LogP contribution in [0.15, 0.2) is 18.2 Å². The molecule has 0 aromatic heterocycles. The summed E-state index contributed by atoms with van der Waals surface area (Å²) in [4.78, 5) is 11.2. The molecule has 3 aliphatic rings. The van der Waals surface area contributed by atoms with Crippen molar-refractivity contribution in [3.8, 4) is 0 Å². The Labute approximate surface area is 136 Å². The van der Waals surface area contributed by atoms with E-state index in [1.54, 1.807) is 12.1 Å². The Bertz CT molecular complexity index is 598. The highest BCUT2D eigenvalue weighted by atomic mass is 16.6. The quantitative estimate of drug-likeness (QED) is 0.647. The van der Waals surface area contributed by atoms with Crippen LogP contribution in [-0.2, 0) is 4.74 Å². The third kappa shape index (κ3) is 2.71. The number of ether oxygens (including phenoxy) is 1. The molecule has 2 aliphatic heterocycles. The summed E-state index contributed by atoms with van der Waals surface area (Å²) in [5, 5.41) is 14.8. The molecule has 2 heterocycles. The van der Waals surface area contributed by atoms with Crippen LogP contribution in [0, 0.1) is 22.0 Å². The van der Waals surface area contributed by atoms with Crippen LogP contribution >= 0.6 is 0 Å². The van der Waals surface area contributed by atoms with E-state index in [2.05, 4.69) is 5.32 Å². The van der Waals surface area contributed by atoms with Gasteiger partial charge in [0.15, 0.2) is 0 Å². The van der Waals surface area contributed by atoms with Crippen LogP contribution < -0.4 is 5.32 Å². The summed E-state index contributed by atoms with van der Waals surface area (Å²) in [7, 11) is 0. The lowest BCUT2D eigenvalue weighted by atomic mass is 9.78. The Hall–Kier alpha value is -1.62. The summed E-state index contributed by atoms with van der Waals surface area (Å²) in [5.74, 6) is 0.995. The number of hydrogen-bond donors (Lipinski definition) is 1. The van der Waals surface area contributed by atoms with Crippen molar-refractivity contribution >= 4 is 11.4 Å². The maximum absolute atomic E-state index is 11.5. The van der Waals surface area contributed by atoms with Gasteiger partial charge in [-0.15, -0.1) is 0 Å². The number of fused-ring (bicyclic) bond motifs is 3. The summed E-state index contributed by atoms with van der Waals surface area (Å²) in [5.41, 5.74) is 1.85. The van der Waals surface area contributed by atoms with Crippen LogP contribution in [0.1, 0.15) is 56.6 Å². The van der Waals surface area contributed by atoms with Crippen LogP contribution in [0.3, 0.4) is 0 Å². The van der Waals surface area contributed by atoms with Crippen LogP contribution in [0.5, 0.6) is 0 Å². The van der Waals surface area contributed by atoms with E-state index in [1.165, 1.54) is 32.1 Å². The second kappa shape index (κ2) is 6.11. The first-order chi connectivity index (χ1) is 11.2. The van der Waals surface area contributed by atoms with Gasteiger partial charge in [0.25, 0.3) is 5.69 Å². The van der Waals surface area contributed by atoms with E-state index in [4.69, 9.17) is 4.74 Å². The third-order valence-electron chi connectivity index (χ3n) is 5.87. The molecule has 0 spiro atoms. The first kappa shape index (κ1) is 14.9. The molecule has 1 N–H and O–H groups in total. The zero-order valence-corrected chi connectivity index (χ0v) is 13.4. The van der Waals surface area contributed by atoms with E-state index in [0.29, 0.717) is 11.8 Å². The molecule has 1 saturated carbocycles. The molecule has 3 atom stereocenters. The molecule has 4 rings (SSSR count). The molecule has 1 aliphatic carbocycles. The Morgan fingerprint density at radius 1 is 1.09 bits per heavy atom. The molecular formula is C18H24N2O3. The summed E-state index contributed by atoms with van der Waals surface area (Å²) in [6.45, 7) is 0.857. The van der Waals surface area contributed by atoms with E-state index in [0.717, 1.165) is 30.6 Å². The van der Waals surface area contributed by atoms with Gasteiger partial charge in [0.2, 0.25) is 0 Å². The van der Waals surface area contributed by atoms with Crippen molar-refractivity contribution in [3.63, 3.8) is 0 Å². The molecule has 1 aromatic rings. The first-order valence-corrected chi connectivity index (χ1v) is 8.90. The lowest BCUT2D eigenvalue weighted by molar-refractivity contribution is -0.386. The number of benzene rings is 1. The van der Waals surface area contributed by atoms with Crippen molar-refractivity contribution in [1.29, 1.82) is 0 Å². The van der Waals surface area contributed by atoms with Gasteiger partial charge in [-0.3, -0.25) is 10.1 Å². The lowest BCUT2D eigenvalue weighted by Gasteiger charge is -2.43. The van der Waals surface area contributed by atoms with Gasteiger partial charge in [-0.1, -0.05) is 25.3 Å². The van der Waals surface area contributed by atoms with Crippen molar-refractivity contribution in [3.05, 3.63) is 33.9 Å². The maximum Gasteiger partial charge on any atom is 0.277 e. The Morgan fingerprint density at radius 2 is 1.91 bits per heavy atom. The number of hydrogen-bond acceptors (Lipinski definition) is 4. The van der Waals surface area contributed by atoms with Crippen molar-refractivity contribution in [2.24, 2.45) is 11.8 Å². The van der Waals surface area contributed by atoms with E-state index >= 15 is 0 Å². The molecule has 0 amide bonds. The number of rotatable bonds is 2. The second-order valence-corrected chi connectivity index (χ2v) is 7.21. The minimum absolute atomic E-state index is 0.117. The highest BCUT2D eigenvalue weighted by molar-refractivity contribution is 5.63. The normalized spacial score (nSPS) is 30.9. The second-order valence-electron chi connectivity index (χ2n) is 7.21. The van der Waals surface area contributed by atoms with Gasteiger partial charge in [0.1, 0.15) is 0 Å². The molecule has 1 aromatic carbocycles. The largest absolute Gasteiger partial charge is 0.384 e. The van der Waals surface area contributed by atoms with Gasteiger partial charge in [-0.25, -0.2) is 0 Å². The van der Waals surface area contributed by atoms with Crippen LogP contribution in [-0.4, -0.2) is 17.6 Å². The molecule has 0 bridgehead atoms. The van der Waals surface area contributed by atoms with Gasteiger partial charge in [0.05, 0.1) is 22.7 Å². The molecule has 1 saturated heterocycles. The SMILES string of the molecule is O=[N+]([O-])c1cccc2c1C1OC(C3CCCCC3)CCC1CN2. The van der Waals surface area contributed by atoms with Gasteiger partial charge >= 0.3 is 0 Å². The van der Waals surface area contributed by atoms with E-state index < -0.39 is 0 Å². The number of nitro groups is 1. The van der Waals surface area contributed by atoms with E-state index in [9.17, 15) is 10.1 Å². The zero-order chi connectivity index (χ0) is 15.8. The molecule has 5 nitrogen and oxygen atoms in total. The van der Waals surface area contributed by atoms with Crippen molar-refractivity contribution in [1.82, 2.24) is 0 Å². The predicted molar refractivity (Wildman–Crippen MR) is 88.5 cm³/mol. The number of nitrogens with one attached hydrogen (secondary N) is 1. The predicted octanol–water partition coefficient (Wildman–Crippen LogP) is 4.44. The lowest BCUT2D eigenvalue weighted by Crippen LogP contribution is -2.40. The Morgan fingerprint density at radius 3 is 2.70 bits per heavy atom. The molecular weight excluding hydrogens is 292 g/mol. The number of nitro benzene ring substituents is 1. The summed E-state index contributed by atoms with van der Waals surface area (Å²) in [6, 6.07) is 5.30. The highest BCUT2D eigenvalue weighted by Crippen LogP contribution is 2.48.